The molecule has 0 saturated heterocycles. The summed E-state index contributed by atoms with van der Waals surface area (Å²) in [5.41, 5.74) is 2.72. The molecule has 0 radical (unpaired) electrons. The van der Waals surface area contributed by atoms with Gasteiger partial charge in [0, 0.05) is 41.9 Å². The second-order valence-electron chi connectivity index (χ2n) is 8.22. The van der Waals surface area contributed by atoms with Gasteiger partial charge in [-0.1, -0.05) is 13.8 Å². The number of hydrogen-bond acceptors (Lipinski definition) is 5. The Labute approximate surface area is 169 Å². The largest absolute Gasteiger partial charge is 0.462 e. The number of benzene rings is 1. The van der Waals surface area contributed by atoms with E-state index in [1.54, 1.807) is 19.1 Å². The number of hydrogen-bond donors (Lipinski definition) is 0. The topological polar surface area (TPSA) is 63.7 Å². The molecule has 1 aliphatic rings. The second-order valence-corrected chi connectivity index (χ2v) is 8.22. The van der Waals surface area contributed by atoms with E-state index in [4.69, 9.17) is 8.83 Å². The van der Waals surface area contributed by atoms with Crippen LogP contribution in [-0.2, 0) is 5.41 Å². The molecule has 0 spiro atoms. The Bertz CT molecular complexity index is 1230. The molecule has 3 aromatic rings. The van der Waals surface area contributed by atoms with Crippen molar-refractivity contribution in [1.29, 1.82) is 0 Å². The molecule has 0 bridgehead atoms. The maximum Gasteiger partial charge on any atom is 0.343 e. The van der Waals surface area contributed by atoms with Gasteiger partial charge in [-0.15, -0.1) is 0 Å². The molecule has 29 heavy (non-hydrogen) atoms. The van der Waals surface area contributed by atoms with Crippen molar-refractivity contribution in [3.05, 3.63) is 73.6 Å². The summed E-state index contributed by atoms with van der Waals surface area (Å²) >= 11 is 0. The molecule has 5 nitrogen and oxygen atoms in total. The van der Waals surface area contributed by atoms with Gasteiger partial charge in [-0.25, -0.2) is 4.79 Å². The lowest BCUT2D eigenvalue weighted by atomic mass is 9.76. The van der Waals surface area contributed by atoms with E-state index < -0.39 is 5.63 Å². The van der Waals surface area contributed by atoms with E-state index in [1.807, 2.05) is 12.1 Å². The molecule has 2 aromatic heterocycles. The minimum atomic E-state index is -0.401. The molecule has 150 valence electrons. The van der Waals surface area contributed by atoms with Gasteiger partial charge in [-0.2, -0.15) is 0 Å². The number of anilines is 1. The van der Waals surface area contributed by atoms with E-state index in [1.165, 1.54) is 12.1 Å². The fraction of sp³-hybridized carbons (Fsp3) is 0.333. The van der Waals surface area contributed by atoms with Crippen LogP contribution < -0.4 is 16.0 Å². The molecule has 1 aliphatic heterocycles. The molecule has 0 saturated carbocycles. The average molecular weight is 391 g/mol. The Hall–Kier alpha value is -3.08. The molecule has 0 unspecified atom stereocenters. The van der Waals surface area contributed by atoms with Gasteiger partial charge in [0.15, 0.2) is 5.43 Å². The SMILES string of the molecule is CCN1CCC(C)(C)c2c1ccc1cc(/C=C/c3cc(=O)cc(C)o3)c(=O)oc21. The van der Waals surface area contributed by atoms with E-state index in [9.17, 15) is 9.59 Å². The molecule has 0 amide bonds. The van der Waals surface area contributed by atoms with Crippen LogP contribution in [0.3, 0.4) is 0 Å². The summed E-state index contributed by atoms with van der Waals surface area (Å²) in [7, 11) is 0. The first-order chi connectivity index (χ1) is 13.8. The van der Waals surface area contributed by atoms with Crippen LogP contribution in [0.1, 0.15) is 49.8 Å². The average Bonchev–Trinajstić information content (AvgIpc) is 2.65. The van der Waals surface area contributed by atoms with Crippen LogP contribution in [-0.4, -0.2) is 13.1 Å². The van der Waals surface area contributed by atoms with E-state index in [2.05, 4.69) is 31.7 Å². The molecule has 4 rings (SSSR count). The predicted octanol–water partition coefficient (Wildman–Crippen LogP) is 4.73. The van der Waals surface area contributed by atoms with Crippen LogP contribution in [0, 0.1) is 6.92 Å². The quantitative estimate of drug-likeness (QED) is 0.604. The van der Waals surface area contributed by atoms with Gasteiger partial charge < -0.3 is 13.7 Å². The Morgan fingerprint density at radius 3 is 2.62 bits per heavy atom. The van der Waals surface area contributed by atoms with Gasteiger partial charge >= 0.3 is 5.63 Å². The third-order valence-electron chi connectivity index (χ3n) is 5.65. The fourth-order valence-corrected chi connectivity index (χ4v) is 4.09. The van der Waals surface area contributed by atoms with Crippen LogP contribution in [0.25, 0.3) is 23.1 Å². The Balaban J connectivity index is 1.84. The molecule has 5 heteroatoms. The van der Waals surface area contributed by atoms with E-state index in [0.29, 0.717) is 22.7 Å². The van der Waals surface area contributed by atoms with Crippen molar-refractivity contribution in [3.63, 3.8) is 0 Å². The van der Waals surface area contributed by atoms with E-state index >= 15 is 0 Å². The number of nitrogens with zero attached hydrogens (tertiary/aromatic N) is 1. The lowest BCUT2D eigenvalue weighted by Crippen LogP contribution is -2.37. The van der Waals surface area contributed by atoms with Crippen molar-refractivity contribution in [3.8, 4) is 0 Å². The molecule has 0 atom stereocenters. The lowest BCUT2D eigenvalue weighted by Gasteiger charge is -2.39. The van der Waals surface area contributed by atoms with Crippen LogP contribution in [0.4, 0.5) is 5.69 Å². The van der Waals surface area contributed by atoms with Crippen molar-refractivity contribution >= 4 is 28.8 Å². The minimum absolute atomic E-state index is 0.0707. The van der Waals surface area contributed by atoms with Crippen LogP contribution in [0.15, 0.2) is 48.8 Å². The summed E-state index contributed by atoms with van der Waals surface area (Å²) in [6.07, 6.45) is 4.25. The van der Waals surface area contributed by atoms with E-state index in [-0.39, 0.29) is 10.8 Å². The predicted molar refractivity (Wildman–Crippen MR) is 117 cm³/mol. The van der Waals surface area contributed by atoms with Gasteiger partial charge in [-0.05, 0) is 56.0 Å². The molecule has 3 heterocycles. The fourth-order valence-electron chi connectivity index (χ4n) is 4.09. The molecular formula is C24H25NO4. The van der Waals surface area contributed by atoms with Crippen molar-refractivity contribution in [2.24, 2.45) is 0 Å². The summed E-state index contributed by atoms with van der Waals surface area (Å²) in [6.45, 7) is 10.2. The highest BCUT2D eigenvalue weighted by Gasteiger charge is 2.33. The van der Waals surface area contributed by atoms with Gasteiger partial charge in [0.05, 0.1) is 5.56 Å². The number of rotatable bonds is 3. The highest BCUT2D eigenvalue weighted by molar-refractivity contribution is 5.89. The maximum atomic E-state index is 12.7. The minimum Gasteiger partial charge on any atom is -0.462 e. The summed E-state index contributed by atoms with van der Waals surface area (Å²) in [5.74, 6) is 0.927. The van der Waals surface area contributed by atoms with Crippen molar-refractivity contribution in [1.82, 2.24) is 0 Å². The van der Waals surface area contributed by atoms with Crippen molar-refractivity contribution in [2.45, 2.75) is 39.5 Å². The zero-order valence-corrected chi connectivity index (χ0v) is 17.2. The third-order valence-corrected chi connectivity index (χ3v) is 5.65. The van der Waals surface area contributed by atoms with Crippen molar-refractivity contribution in [2.75, 3.05) is 18.0 Å². The second kappa shape index (κ2) is 7.07. The lowest BCUT2D eigenvalue weighted by molar-refractivity contribution is 0.446. The highest BCUT2D eigenvalue weighted by Crippen LogP contribution is 2.43. The Morgan fingerprint density at radius 2 is 1.90 bits per heavy atom. The highest BCUT2D eigenvalue weighted by atomic mass is 16.4. The summed E-state index contributed by atoms with van der Waals surface area (Å²) in [5, 5.41) is 0.889. The monoisotopic (exact) mass is 391 g/mol. The first-order valence-corrected chi connectivity index (χ1v) is 9.94. The number of fused-ring (bicyclic) bond motifs is 3. The summed E-state index contributed by atoms with van der Waals surface area (Å²) < 4.78 is 11.3. The normalized spacial score (nSPS) is 15.8. The first-order valence-electron chi connectivity index (χ1n) is 9.94. The number of aryl methyl sites for hydroxylation is 1. The molecule has 1 aromatic carbocycles. The molecule has 0 aliphatic carbocycles. The van der Waals surface area contributed by atoms with Crippen molar-refractivity contribution < 1.29 is 8.83 Å². The Kier molecular flexibility index (Phi) is 4.69. The zero-order chi connectivity index (χ0) is 20.8. The van der Waals surface area contributed by atoms with Gasteiger partial charge in [-0.3, -0.25) is 4.79 Å². The summed E-state index contributed by atoms with van der Waals surface area (Å²) in [4.78, 5) is 26.7. The van der Waals surface area contributed by atoms with E-state index in [0.717, 1.165) is 36.1 Å². The standard InChI is InChI=1S/C24H25NO4/c1-5-25-11-10-24(3,4)21-20(25)9-7-16-13-17(23(27)29-22(16)21)6-8-19-14-18(26)12-15(2)28-19/h6-9,12-14H,5,10-11H2,1-4H3/b8-6+. The smallest absolute Gasteiger partial charge is 0.343 e. The summed E-state index contributed by atoms with van der Waals surface area (Å²) in [6, 6.07) is 8.78. The molecule has 0 N–H and O–H groups in total. The van der Waals surface area contributed by atoms with Gasteiger partial charge in [0.1, 0.15) is 17.1 Å². The van der Waals surface area contributed by atoms with Crippen LogP contribution in [0.2, 0.25) is 0 Å². The van der Waals surface area contributed by atoms with Gasteiger partial charge in [0.2, 0.25) is 0 Å². The van der Waals surface area contributed by atoms with Crippen LogP contribution >= 0.6 is 0 Å². The Morgan fingerprint density at radius 1 is 1.10 bits per heavy atom. The first kappa shape index (κ1) is 19.2. The third kappa shape index (κ3) is 3.53. The zero-order valence-electron chi connectivity index (χ0n) is 17.2. The maximum absolute atomic E-state index is 12.7. The van der Waals surface area contributed by atoms with Crippen LogP contribution in [0.5, 0.6) is 0 Å². The molecule has 0 fully saturated rings. The molecular weight excluding hydrogens is 366 g/mol. The van der Waals surface area contributed by atoms with Gasteiger partial charge in [0.25, 0.3) is 0 Å².